The number of methoxy groups -OCH3 is 1. The Bertz CT molecular complexity index is 489. The Morgan fingerprint density at radius 3 is 3.00 bits per heavy atom. The lowest BCUT2D eigenvalue weighted by Gasteiger charge is -2.22. The van der Waals surface area contributed by atoms with E-state index in [-0.39, 0.29) is 30.9 Å². The first-order valence-electron chi connectivity index (χ1n) is 7.47. The molecule has 1 aromatic carbocycles. The first-order valence-corrected chi connectivity index (χ1v) is 7.47. The maximum atomic E-state index is 13.5. The fourth-order valence-electron chi connectivity index (χ4n) is 2.29. The van der Waals surface area contributed by atoms with Crippen molar-refractivity contribution < 1.29 is 23.4 Å². The highest BCUT2D eigenvalue weighted by Gasteiger charge is 2.14. The van der Waals surface area contributed by atoms with Crippen LogP contribution >= 0.6 is 0 Å². The van der Waals surface area contributed by atoms with Crippen molar-refractivity contribution in [2.24, 2.45) is 0 Å². The first-order chi connectivity index (χ1) is 10.7. The van der Waals surface area contributed by atoms with E-state index in [9.17, 15) is 9.18 Å². The predicted octanol–water partition coefficient (Wildman–Crippen LogP) is 2.04. The van der Waals surface area contributed by atoms with E-state index in [1.54, 1.807) is 6.07 Å². The van der Waals surface area contributed by atoms with Crippen LogP contribution in [0.5, 0.6) is 5.75 Å². The van der Waals surface area contributed by atoms with Crippen LogP contribution in [-0.2, 0) is 20.8 Å². The molecule has 0 saturated carbocycles. The lowest BCUT2D eigenvalue weighted by Crippen LogP contribution is -2.30. The van der Waals surface area contributed by atoms with Gasteiger partial charge in [0.1, 0.15) is 6.61 Å². The van der Waals surface area contributed by atoms with Gasteiger partial charge in [0, 0.05) is 13.2 Å². The third kappa shape index (κ3) is 5.27. The van der Waals surface area contributed by atoms with Gasteiger partial charge < -0.3 is 19.5 Å². The van der Waals surface area contributed by atoms with Crippen molar-refractivity contribution in [1.29, 1.82) is 0 Å². The molecule has 1 saturated heterocycles. The van der Waals surface area contributed by atoms with Crippen LogP contribution in [0.4, 0.5) is 4.39 Å². The second-order valence-electron chi connectivity index (χ2n) is 5.25. The smallest absolute Gasteiger partial charge is 0.246 e. The highest BCUT2D eigenvalue weighted by Crippen LogP contribution is 2.17. The molecule has 1 atom stereocenters. The minimum absolute atomic E-state index is 0.0154. The number of carbonyl (C=O) groups is 1. The molecule has 2 rings (SSSR count). The molecule has 1 aromatic rings. The van der Waals surface area contributed by atoms with Crippen molar-refractivity contribution in [2.75, 3.05) is 26.9 Å². The fraction of sp³-hybridized carbons (Fsp3) is 0.562. The van der Waals surface area contributed by atoms with Gasteiger partial charge in [-0.15, -0.1) is 0 Å². The normalized spacial score (nSPS) is 18.0. The molecular formula is C16H22FNO4. The van der Waals surface area contributed by atoms with Crippen molar-refractivity contribution in [1.82, 2.24) is 5.32 Å². The Labute approximate surface area is 129 Å². The quantitative estimate of drug-likeness (QED) is 0.837. The standard InChI is InChI=1S/C16H22FNO4/c1-20-15-6-5-12(8-14(15)17)9-18-16(19)11-21-10-13-4-2-3-7-22-13/h5-6,8,13H,2-4,7,9-11H2,1H3,(H,18,19). The number of halogens is 1. The van der Waals surface area contributed by atoms with Gasteiger partial charge in [-0.25, -0.2) is 4.39 Å². The summed E-state index contributed by atoms with van der Waals surface area (Å²) in [5, 5.41) is 2.69. The molecule has 1 unspecified atom stereocenters. The number of rotatable bonds is 7. The lowest BCUT2D eigenvalue weighted by molar-refractivity contribution is -0.128. The molecule has 0 radical (unpaired) electrons. The van der Waals surface area contributed by atoms with Crippen LogP contribution in [0.3, 0.4) is 0 Å². The summed E-state index contributed by atoms with van der Waals surface area (Å²) in [6, 6.07) is 4.59. The average molecular weight is 311 g/mol. The van der Waals surface area contributed by atoms with Gasteiger partial charge in [-0.05, 0) is 37.0 Å². The summed E-state index contributed by atoms with van der Waals surface area (Å²) in [6.45, 7) is 1.44. The van der Waals surface area contributed by atoms with E-state index in [2.05, 4.69) is 5.32 Å². The second-order valence-corrected chi connectivity index (χ2v) is 5.25. The van der Waals surface area contributed by atoms with Gasteiger partial charge in [0.05, 0.1) is 19.8 Å². The zero-order valence-corrected chi connectivity index (χ0v) is 12.8. The molecule has 122 valence electrons. The van der Waals surface area contributed by atoms with Gasteiger partial charge in [-0.3, -0.25) is 4.79 Å². The van der Waals surface area contributed by atoms with Crippen molar-refractivity contribution in [3.63, 3.8) is 0 Å². The Kier molecular flexibility index (Phi) is 6.61. The summed E-state index contributed by atoms with van der Waals surface area (Å²) in [5.74, 6) is -0.488. The van der Waals surface area contributed by atoms with E-state index in [0.29, 0.717) is 12.2 Å². The van der Waals surface area contributed by atoms with Gasteiger partial charge in [0.15, 0.2) is 11.6 Å². The molecule has 0 aliphatic carbocycles. The zero-order valence-electron chi connectivity index (χ0n) is 12.8. The monoisotopic (exact) mass is 311 g/mol. The second kappa shape index (κ2) is 8.70. The predicted molar refractivity (Wildman–Crippen MR) is 79.2 cm³/mol. The van der Waals surface area contributed by atoms with Crippen LogP contribution in [-0.4, -0.2) is 38.9 Å². The van der Waals surface area contributed by atoms with Crippen LogP contribution in [0.2, 0.25) is 0 Å². The Morgan fingerprint density at radius 2 is 2.32 bits per heavy atom. The van der Waals surface area contributed by atoms with Crippen molar-refractivity contribution in [2.45, 2.75) is 31.9 Å². The topological polar surface area (TPSA) is 56.8 Å². The van der Waals surface area contributed by atoms with Gasteiger partial charge >= 0.3 is 0 Å². The molecule has 0 spiro atoms. The molecule has 1 amide bonds. The summed E-state index contributed by atoms with van der Waals surface area (Å²) in [6.07, 6.45) is 3.31. The third-order valence-corrected chi connectivity index (χ3v) is 3.52. The fourth-order valence-corrected chi connectivity index (χ4v) is 2.29. The Hall–Kier alpha value is -1.66. The summed E-state index contributed by atoms with van der Waals surface area (Å²) < 4.78 is 29.2. The molecule has 0 aromatic heterocycles. The molecule has 1 aliphatic heterocycles. The molecule has 6 heteroatoms. The van der Waals surface area contributed by atoms with Gasteiger partial charge in [-0.2, -0.15) is 0 Å². The van der Waals surface area contributed by atoms with E-state index in [4.69, 9.17) is 14.2 Å². The maximum Gasteiger partial charge on any atom is 0.246 e. The highest BCUT2D eigenvalue weighted by atomic mass is 19.1. The van der Waals surface area contributed by atoms with Crippen LogP contribution in [0, 0.1) is 5.82 Å². The molecule has 0 bridgehead atoms. The van der Waals surface area contributed by atoms with E-state index >= 15 is 0 Å². The summed E-state index contributed by atoms with van der Waals surface area (Å²) >= 11 is 0. The number of benzene rings is 1. The molecule has 5 nitrogen and oxygen atoms in total. The summed E-state index contributed by atoms with van der Waals surface area (Å²) in [7, 11) is 1.41. The molecule has 22 heavy (non-hydrogen) atoms. The van der Waals surface area contributed by atoms with Crippen LogP contribution in [0.1, 0.15) is 24.8 Å². The SMILES string of the molecule is COc1ccc(CNC(=O)COCC2CCCCO2)cc1F. The average Bonchev–Trinajstić information content (AvgIpc) is 2.54. The number of hydrogen-bond acceptors (Lipinski definition) is 4. The largest absolute Gasteiger partial charge is 0.494 e. The minimum atomic E-state index is -0.444. The third-order valence-electron chi connectivity index (χ3n) is 3.52. The number of ether oxygens (including phenoxy) is 3. The van der Waals surface area contributed by atoms with Crippen molar-refractivity contribution in [3.05, 3.63) is 29.6 Å². The number of hydrogen-bond donors (Lipinski definition) is 1. The zero-order chi connectivity index (χ0) is 15.8. The highest BCUT2D eigenvalue weighted by molar-refractivity contribution is 5.77. The molecule has 1 fully saturated rings. The molecule has 1 heterocycles. The van der Waals surface area contributed by atoms with Crippen LogP contribution < -0.4 is 10.1 Å². The first kappa shape index (κ1) is 16.7. The van der Waals surface area contributed by atoms with Gasteiger partial charge in [0.2, 0.25) is 5.91 Å². The lowest BCUT2D eigenvalue weighted by atomic mass is 10.1. The van der Waals surface area contributed by atoms with E-state index < -0.39 is 5.82 Å². The van der Waals surface area contributed by atoms with Gasteiger partial charge in [0.25, 0.3) is 0 Å². The number of nitrogens with one attached hydrogen (secondary N) is 1. The van der Waals surface area contributed by atoms with E-state index in [1.807, 2.05) is 0 Å². The van der Waals surface area contributed by atoms with Gasteiger partial charge in [-0.1, -0.05) is 6.07 Å². The molecule has 1 N–H and O–H groups in total. The molecular weight excluding hydrogens is 289 g/mol. The van der Waals surface area contributed by atoms with Crippen molar-refractivity contribution in [3.8, 4) is 5.75 Å². The van der Waals surface area contributed by atoms with E-state index in [0.717, 1.165) is 25.9 Å². The summed E-state index contributed by atoms with van der Waals surface area (Å²) in [4.78, 5) is 11.7. The van der Waals surface area contributed by atoms with Crippen LogP contribution in [0.25, 0.3) is 0 Å². The minimum Gasteiger partial charge on any atom is -0.494 e. The maximum absolute atomic E-state index is 13.5. The summed E-state index contributed by atoms with van der Waals surface area (Å²) in [5.41, 5.74) is 0.669. The van der Waals surface area contributed by atoms with Crippen molar-refractivity contribution >= 4 is 5.91 Å². The van der Waals surface area contributed by atoms with E-state index in [1.165, 1.54) is 19.2 Å². The number of amides is 1. The Balaban J connectivity index is 1.65. The molecule has 1 aliphatic rings. The number of carbonyl (C=O) groups excluding carboxylic acids is 1. The van der Waals surface area contributed by atoms with Crippen LogP contribution in [0.15, 0.2) is 18.2 Å². The Morgan fingerprint density at radius 1 is 1.45 bits per heavy atom.